The zero-order valence-electron chi connectivity index (χ0n) is 19.9. The lowest BCUT2D eigenvalue weighted by molar-refractivity contribution is -0.137. The molecule has 0 unspecified atom stereocenters. The van der Waals surface area contributed by atoms with Gasteiger partial charge in [0.15, 0.2) is 0 Å². The molecule has 0 amide bonds. The van der Waals surface area contributed by atoms with E-state index >= 15 is 0 Å². The van der Waals surface area contributed by atoms with Crippen molar-refractivity contribution in [2.45, 2.75) is 46.5 Å². The number of aryl methyl sites for hydroxylation is 3. The average molecular weight is 482 g/mol. The first-order chi connectivity index (χ1) is 16.5. The van der Waals surface area contributed by atoms with Crippen LogP contribution in [0.4, 0.5) is 24.7 Å². The van der Waals surface area contributed by atoms with Crippen molar-refractivity contribution in [3.63, 3.8) is 0 Å². The summed E-state index contributed by atoms with van der Waals surface area (Å²) in [5.41, 5.74) is 8.53. The van der Waals surface area contributed by atoms with Crippen molar-refractivity contribution in [3.05, 3.63) is 81.5 Å². The Morgan fingerprint density at radius 1 is 1.09 bits per heavy atom. The molecule has 4 rings (SSSR count). The number of nitrogens with zero attached hydrogens (tertiary/aromatic N) is 3. The number of halogens is 3. The van der Waals surface area contributed by atoms with Crippen molar-refractivity contribution in [2.75, 3.05) is 11.1 Å². The highest BCUT2D eigenvalue weighted by atomic mass is 19.4. The number of nitrogens with two attached hydrogens (primary N) is 1. The van der Waals surface area contributed by atoms with Gasteiger partial charge >= 0.3 is 6.18 Å². The highest BCUT2D eigenvalue weighted by Gasteiger charge is 2.31. The minimum Gasteiger partial charge on any atom is -0.399 e. The van der Waals surface area contributed by atoms with Gasteiger partial charge in [-0.25, -0.2) is 9.97 Å². The summed E-state index contributed by atoms with van der Waals surface area (Å²) in [6.45, 7) is 7.93. The van der Waals surface area contributed by atoms with Crippen LogP contribution in [0.3, 0.4) is 0 Å². The Balaban J connectivity index is 1.79. The van der Waals surface area contributed by atoms with Crippen LogP contribution in [-0.2, 0) is 12.7 Å². The van der Waals surface area contributed by atoms with E-state index in [0.717, 1.165) is 28.8 Å². The molecule has 9 heteroatoms. The average Bonchev–Trinajstić information content (AvgIpc) is 2.77. The zero-order chi connectivity index (χ0) is 25.5. The molecule has 0 fully saturated rings. The van der Waals surface area contributed by atoms with Crippen LogP contribution in [0.1, 0.15) is 42.4 Å². The van der Waals surface area contributed by atoms with E-state index in [1.54, 1.807) is 30.7 Å². The normalized spacial score (nSPS) is 12.7. The number of anilines is 2. The number of benzene rings is 2. The third kappa shape index (κ3) is 4.99. The quantitative estimate of drug-likeness (QED) is 0.348. The van der Waals surface area contributed by atoms with Gasteiger partial charge in [-0.2, -0.15) is 13.2 Å². The SMILES string of the molecule is CCn1ccc(-c2cc3c(N[C@H](C)c4cc(N)cc(C(F)(F)F)c4)nc(C)nc3cc2C)cc1=O. The topological polar surface area (TPSA) is 85.8 Å². The number of fused-ring (bicyclic) bond motifs is 1. The fourth-order valence-electron chi connectivity index (χ4n) is 4.13. The molecule has 0 bridgehead atoms. The molecule has 0 saturated carbocycles. The fourth-order valence-corrected chi connectivity index (χ4v) is 4.13. The second-order valence-electron chi connectivity index (χ2n) is 8.60. The Morgan fingerprint density at radius 2 is 1.83 bits per heavy atom. The molecule has 0 aliphatic heterocycles. The van der Waals surface area contributed by atoms with E-state index in [0.29, 0.717) is 34.7 Å². The summed E-state index contributed by atoms with van der Waals surface area (Å²) < 4.78 is 41.5. The maximum Gasteiger partial charge on any atom is 0.416 e. The summed E-state index contributed by atoms with van der Waals surface area (Å²) in [5.74, 6) is 1.01. The maximum atomic E-state index is 13.3. The maximum absolute atomic E-state index is 13.3. The van der Waals surface area contributed by atoms with Crippen molar-refractivity contribution in [2.24, 2.45) is 0 Å². The van der Waals surface area contributed by atoms with E-state index in [-0.39, 0.29) is 11.2 Å². The lowest BCUT2D eigenvalue weighted by Crippen LogP contribution is -2.17. The van der Waals surface area contributed by atoms with E-state index in [1.165, 1.54) is 6.07 Å². The molecule has 6 nitrogen and oxygen atoms in total. The molecule has 1 atom stereocenters. The van der Waals surface area contributed by atoms with Gasteiger partial charge in [-0.05, 0) is 86.3 Å². The third-order valence-corrected chi connectivity index (χ3v) is 5.96. The Labute approximate surface area is 200 Å². The van der Waals surface area contributed by atoms with Crippen LogP contribution in [0.15, 0.2) is 53.5 Å². The van der Waals surface area contributed by atoms with Gasteiger partial charge in [0.1, 0.15) is 11.6 Å². The largest absolute Gasteiger partial charge is 0.416 e. The molecule has 2 aromatic carbocycles. The first-order valence-corrected chi connectivity index (χ1v) is 11.2. The summed E-state index contributed by atoms with van der Waals surface area (Å²) in [5, 5.41) is 3.93. The molecular weight excluding hydrogens is 455 g/mol. The molecule has 2 heterocycles. The van der Waals surface area contributed by atoms with Gasteiger partial charge < -0.3 is 15.6 Å². The van der Waals surface area contributed by atoms with Crippen molar-refractivity contribution < 1.29 is 13.2 Å². The predicted octanol–water partition coefficient (Wildman–Crippen LogP) is 5.87. The molecule has 35 heavy (non-hydrogen) atoms. The number of rotatable bonds is 5. The fraction of sp³-hybridized carbons (Fsp3) is 0.269. The van der Waals surface area contributed by atoms with E-state index in [2.05, 4.69) is 15.3 Å². The summed E-state index contributed by atoms with van der Waals surface area (Å²) in [6, 6.07) is 10.3. The van der Waals surface area contributed by atoms with Crippen LogP contribution in [-0.4, -0.2) is 14.5 Å². The van der Waals surface area contributed by atoms with E-state index < -0.39 is 17.8 Å². The highest BCUT2D eigenvalue weighted by molar-refractivity contribution is 5.94. The van der Waals surface area contributed by atoms with E-state index in [4.69, 9.17) is 5.73 Å². The zero-order valence-corrected chi connectivity index (χ0v) is 19.9. The minimum absolute atomic E-state index is 0.0342. The van der Waals surface area contributed by atoms with Crippen LogP contribution in [0.2, 0.25) is 0 Å². The first-order valence-electron chi connectivity index (χ1n) is 11.2. The number of aromatic nitrogens is 3. The number of hydrogen-bond acceptors (Lipinski definition) is 5. The number of hydrogen-bond donors (Lipinski definition) is 2. The van der Waals surface area contributed by atoms with E-state index in [9.17, 15) is 18.0 Å². The van der Waals surface area contributed by atoms with Crippen molar-refractivity contribution in [3.8, 4) is 11.1 Å². The van der Waals surface area contributed by atoms with Gasteiger partial charge in [0.2, 0.25) is 0 Å². The Morgan fingerprint density at radius 3 is 2.49 bits per heavy atom. The van der Waals surface area contributed by atoms with Gasteiger partial charge in [0.25, 0.3) is 5.56 Å². The van der Waals surface area contributed by atoms with Crippen molar-refractivity contribution in [1.82, 2.24) is 14.5 Å². The second-order valence-corrected chi connectivity index (χ2v) is 8.60. The number of alkyl halides is 3. The summed E-state index contributed by atoms with van der Waals surface area (Å²) in [4.78, 5) is 21.5. The summed E-state index contributed by atoms with van der Waals surface area (Å²) in [7, 11) is 0. The van der Waals surface area contributed by atoms with Gasteiger partial charge in [0.05, 0.1) is 17.1 Å². The molecule has 0 aliphatic carbocycles. The Bertz CT molecular complexity index is 1480. The molecule has 4 aromatic rings. The molecular formula is C26H26F3N5O. The van der Waals surface area contributed by atoms with E-state index in [1.807, 2.05) is 32.0 Å². The molecule has 182 valence electrons. The van der Waals surface area contributed by atoms with Crippen LogP contribution >= 0.6 is 0 Å². The van der Waals surface area contributed by atoms with Crippen LogP contribution in [0, 0.1) is 13.8 Å². The number of nitrogen functional groups attached to an aromatic ring is 1. The Hall–Kier alpha value is -3.88. The minimum atomic E-state index is -4.50. The van der Waals surface area contributed by atoms with Crippen LogP contribution < -0.4 is 16.6 Å². The number of nitrogens with one attached hydrogen (secondary N) is 1. The predicted molar refractivity (Wildman–Crippen MR) is 132 cm³/mol. The second kappa shape index (κ2) is 9.05. The standard InChI is InChI=1S/C26H26F3N5O/c1-5-34-7-6-17(11-24(34)35)21-13-22-23(8-14(21)2)32-16(4)33-25(22)31-15(3)18-9-19(26(27,28)29)12-20(30)10-18/h6-13,15H,5,30H2,1-4H3,(H,31,32,33)/t15-/m1/s1. The van der Waals surface area contributed by atoms with Crippen molar-refractivity contribution >= 4 is 22.4 Å². The van der Waals surface area contributed by atoms with Crippen LogP contribution in [0.25, 0.3) is 22.0 Å². The van der Waals surface area contributed by atoms with Gasteiger partial charge in [-0.3, -0.25) is 4.79 Å². The summed E-state index contributed by atoms with van der Waals surface area (Å²) >= 11 is 0. The third-order valence-electron chi connectivity index (χ3n) is 5.96. The molecule has 0 aliphatic rings. The van der Waals surface area contributed by atoms with Gasteiger partial charge in [-0.1, -0.05) is 0 Å². The Kier molecular flexibility index (Phi) is 6.27. The molecule has 0 spiro atoms. The molecule has 2 aromatic heterocycles. The molecule has 3 N–H and O–H groups in total. The van der Waals surface area contributed by atoms with Gasteiger partial charge in [0, 0.05) is 29.9 Å². The number of pyridine rings is 1. The molecule has 0 saturated heterocycles. The first kappa shape index (κ1) is 24.3. The smallest absolute Gasteiger partial charge is 0.399 e. The lowest BCUT2D eigenvalue weighted by atomic mass is 9.98. The lowest BCUT2D eigenvalue weighted by Gasteiger charge is -2.19. The van der Waals surface area contributed by atoms with Gasteiger partial charge in [-0.15, -0.1) is 0 Å². The van der Waals surface area contributed by atoms with Crippen LogP contribution in [0.5, 0.6) is 0 Å². The molecule has 0 radical (unpaired) electrons. The monoisotopic (exact) mass is 481 g/mol. The highest BCUT2D eigenvalue weighted by Crippen LogP contribution is 2.35. The van der Waals surface area contributed by atoms with Crippen molar-refractivity contribution in [1.29, 1.82) is 0 Å². The summed E-state index contributed by atoms with van der Waals surface area (Å²) in [6.07, 6.45) is -2.74.